The van der Waals surface area contributed by atoms with E-state index in [4.69, 9.17) is 4.98 Å². The first-order valence-corrected chi connectivity index (χ1v) is 10.6. The molecule has 0 aliphatic heterocycles. The number of amides is 1. The summed E-state index contributed by atoms with van der Waals surface area (Å²) in [6.45, 7) is 0. The molecule has 0 saturated heterocycles. The predicted molar refractivity (Wildman–Crippen MR) is 131 cm³/mol. The minimum Gasteiger partial charge on any atom is -0.508 e. The van der Waals surface area contributed by atoms with E-state index in [-0.39, 0.29) is 18.1 Å². The fraction of sp³-hybridized carbons (Fsp3) is 0.0357. The van der Waals surface area contributed by atoms with Crippen LogP contribution in [0.4, 0.5) is 5.82 Å². The highest BCUT2D eigenvalue weighted by Gasteiger charge is 2.14. The van der Waals surface area contributed by atoms with Gasteiger partial charge < -0.3 is 10.4 Å². The van der Waals surface area contributed by atoms with Gasteiger partial charge in [-0.3, -0.25) is 4.79 Å². The molecule has 1 amide bonds. The third kappa shape index (κ3) is 4.57. The van der Waals surface area contributed by atoms with Crippen LogP contribution >= 0.6 is 0 Å². The molecular weight excluding hydrogens is 410 g/mol. The van der Waals surface area contributed by atoms with Crippen LogP contribution in [0.2, 0.25) is 0 Å². The van der Waals surface area contributed by atoms with Gasteiger partial charge in [0.1, 0.15) is 11.4 Å². The van der Waals surface area contributed by atoms with Gasteiger partial charge in [-0.25, -0.2) is 9.97 Å². The zero-order valence-electron chi connectivity index (χ0n) is 17.8. The maximum atomic E-state index is 12.9. The second-order valence-electron chi connectivity index (χ2n) is 7.77. The second kappa shape index (κ2) is 8.93. The van der Waals surface area contributed by atoms with Crippen LogP contribution < -0.4 is 5.32 Å². The summed E-state index contributed by atoms with van der Waals surface area (Å²) in [6.07, 6.45) is 1.87. The van der Waals surface area contributed by atoms with Crippen molar-refractivity contribution in [2.24, 2.45) is 0 Å². The first kappa shape index (κ1) is 20.4. The lowest BCUT2D eigenvalue weighted by Gasteiger charge is -2.12. The Labute approximate surface area is 191 Å². The van der Waals surface area contributed by atoms with Crippen LogP contribution in [-0.4, -0.2) is 21.0 Å². The second-order valence-corrected chi connectivity index (χ2v) is 7.77. The number of hydrogen-bond acceptors (Lipinski definition) is 4. The third-order valence-electron chi connectivity index (χ3n) is 5.42. The number of phenolic OH excluding ortho intramolecular Hbond substituents is 1. The Morgan fingerprint density at radius 1 is 0.788 bits per heavy atom. The number of carbonyl (C=O) groups excluding carboxylic acids is 1. The summed E-state index contributed by atoms with van der Waals surface area (Å²) in [7, 11) is 0. The van der Waals surface area contributed by atoms with Crippen molar-refractivity contribution in [1.29, 1.82) is 0 Å². The predicted octanol–water partition coefficient (Wildman–Crippen LogP) is 5.85. The standard InChI is InChI=1S/C28H21N3O2/c32-24-14-12-21(13-15-24)25-18-29-28(27(30-25)22-7-2-1-3-8-22)31-26(33)17-19-10-11-20-6-4-5-9-23(20)16-19/h1-16,18,32H,17H2,(H,29,31,33). The van der Waals surface area contributed by atoms with Gasteiger partial charge in [-0.1, -0.05) is 72.8 Å². The number of hydrogen-bond donors (Lipinski definition) is 2. The zero-order valence-corrected chi connectivity index (χ0v) is 17.8. The summed E-state index contributed by atoms with van der Waals surface area (Å²) in [5, 5.41) is 14.8. The molecule has 0 fully saturated rings. The van der Waals surface area contributed by atoms with Crippen molar-refractivity contribution in [2.75, 3.05) is 5.32 Å². The molecule has 0 bridgehead atoms. The first-order valence-electron chi connectivity index (χ1n) is 10.6. The van der Waals surface area contributed by atoms with Crippen molar-refractivity contribution in [2.45, 2.75) is 6.42 Å². The minimum absolute atomic E-state index is 0.158. The summed E-state index contributed by atoms with van der Waals surface area (Å²) >= 11 is 0. The molecule has 5 aromatic rings. The molecule has 5 heteroatoms. The van der Waals surface area contributed by atoms with Crippen LogP contribution in [0.25, 0.3) is 33.3 Å². The van der Waals surface area contributed by atoms with Gasteiger partial charge in [0.2, 0.25) is 5.91 Å². The molecule has 4 aromatic carbocycles. The lowest BCUT2D eigenvalue weighted by Crippen LogP contribution is -2.16. The Hall–Kier alpha value is -4.51. The summed E-state index contributed by atoms with van der Waals surface area (Å²) in [6, 6.07) is 30.5. The molecule has 0 spiro atoms. The molecule has 1 aromatic heterocycles. The van der Waals surface area contributed by atoms with Crippen LogP contribution in [0.3, 0.4) is 0 Å². The number of phenols is 1. The molecule has 0 radical (unpaired) electrons. The monoisotopic (exact) mass is 431 g/mol. The van der Waals surface area contributed by atoms with Gasteiger partial charge in [0.05, 0.1) is 18.3 Å². The number of anilines is 1. The van der Waals surface area contributed by atoms with Crippen molar-refractivity contribution < 1.29 is 9.90 Å². The molecule has 160 valence electrons. The minimum atomic E-state index is -0.158. The van der Waals surface area contributed by atoms with Gasteiger partial charge in [-0.15, -0.1) is 0 Å². The number of rotatable bonds is 5. The molecule has 33 heavy (non-hydrogen) atoms. The van der Waals surface area contributed by atoms with E-state index in [9.17, 15) is 9.90 Å². The number of carbonyl (C=O) groups is 1. The molecule has 0 aliphatic rings. The van der Waals surface area contributed by atoms with E-state index < -0.39 is 0 Å². The van der Waals surface area contributed by atoms with E-state index in [1.165, 1.54) is 0 Å². The van der Waals surface area contributed by atoms with Crippen LogP contribution in [0.5, 0.6) is 5.75 Å². The van der Waals surface area contributed by atoms with E-state index in [2.05, 4.69) is 16.4 Å². The lowest BCUT2D eigenvalue weighted by atomic mass is 10.0. The molecule has 0 unspecified atom stereocenters. The summed E-state index contributed by atoms with van der Waals surface area (Å²) < 4.78 is 0. The molecule has 0 atom stereocenters. The van der Waals surface area contributed by atoms with Crippen LogP contribution in [0.15, 0.2) is 103 Å². The number of nitrogens with zero attached hydrogens (tertiary/aromatic N) is 2. The Morgan fingerprint density at radius 2 is 1.52 bits per heavy atom. The summed E-state index contributed by atoms with van der Waals surface area (Å²) in [5.74, 6) is 0.441. The highest BCUT2D eigenvalue weighted by molar-refractivity contribution is 5.95. The van der Waals surface area contributed by atoms with Gasteiger partial charge in [0.15, 0.2) is 5.82 Å². The topological polar surface area (TPSA) is 75.1 Å². The Morgan fingerprint density at radius 3 is 2.30 bits per heavy atom. The van der Waals surface area contributed by atoms with Gasteiger partial charge in [-0.2, -0.15) is 0 Å². The quantitative estimate of drug-likeness (QED) is 0.366. The maximum absolute atomic E-state index is 12.9. The van der Waals surface area contributed by atoms with Gasteiger partial charge in [0.25, 0.3) is 0 Å². The normalized spacial score (nSPS) is 10.8. The molecule has 2 N–H and O–H groups in total. The highest BCUT2D eigenvalue weighted by atomic mass is 16.3. The molecule has 5 rings (SSSR count). The van der Waals surface area contributed by atoms with E-state index in [0.29, 0.717) is 17.2 Å². The fourth-order valence-corrected chi connectivity index (χ4v) is 3.76. The van der Waals surface area contributed by atoms with Crippen LogP contribution in [-0.2, 0) is 11.2 Å². The highest BCUT2D eigenvalue weighted by Crippen LogP contribution is 2.28. The van der Waals surface area contributed by atoms with E-state index in [1.54, 1.807) is 30.5 Å². The first-order chi connectivity index (χ1) is 16.2. The number of aromatic nitrogens is 2. The van der Waals surface area contributed by atoms with Crippen molar-refractivity contribution in [3.8, 4) is 28.3 Å². The Bertz CT molecular complexity index is 1430. The SMILES string of the molecule is O=C(Cc1ccc2ccccc2c1)Nc1ncc(-c2ccc(O)cc2)nc1-c1ccccc1. The van der Waals surface area contributed by atoms with Crippen molar-refractivity contribution in [3.63, 3.8) is 0 Å². The fourth-order valence-electron chi connectivity index (χ4n) is 3.76. The smallest absolute Gasteiger partial charge is 0.230 e. The summed E-state index contributed by atoms with van der Waals surface area (Å²) in [4.78, 5) is 22.2. The van der Waals surface area contributed by atoms with Crippen molar-refractivity contribution in [3.05, 3.63) is 109 Å². The number of nitrogens with one attached hydrogen (secondary N) is 1. The maximum Gasteiger partial charge on any atom is 0.230 e. The Balaban J connectivity index is 1.44. The zero-order chi connectivity index (χ0) is 22.6. The average molecular weight is 431 g/mol. The molecule has 5 nitrogen and oxygen atoms in total. The lowest BCUT2D eigenvalue weighted by molar-refractivity contribution is -0.115. The average Bonchev–Trinajstić information content (AvgIpc) is 2.85. The van der Waals surface area contributed by atoms with Gasteiger partial charge >= 0.3 is 0 Å². The number of aromatic hydroxyl groups is 1. The summed E-state index contributed by atoms with van der Waals surface area (Å²) in [5.41, 5.74) is 3.86. The van der Waals surface area contributed by atoms with E-state index in [0.717, 1.165) is 27.5 Å². The number of benzene rings is 4. The van der Waals surface area contributed by atoms with Crippen LogP contribution in [0.1, 0.15) is 5.56 Å². The van der Waals surface area contributed by atoms with Crippen LogP contribution in [0, 0.1) is 0 Å². The largest absolute Gasteiger partial charge is 0.508 e. The number of fused-ring (bicyclic) bond motifs is 1. The Kier molecular flexibility index (Phi) is 5.52. The van der Waals surface area contributed by atoms with Gasteiger partial charge in [-0.05, 0) is 40.6 Å². The molecule has 0 saturated carbocycles. The third-order valence-corrected chi connectivity index (χ3v) is 5.42. The van der Waals surface area contributed by atoms with E-state index >= 15 is 0 Å². The molecular formula is C28H21N3O2. The van der Waals surface area contributed by atoms with Crippen molar-refractivity contribution in [1.82, 2.24) is 9.97 Å². The van der Waals surface area contributed by atoms with Crippen molar-refractivity contribution >= 4 is 22.5 Å². The molecule has 1 heterocycles. The van der Waals surface area contributed by atoms with Gasteiger partial charge in [0, 0.05) is 11.1 Å². The van der Waals surface area contributed by atoms with E-state index in [1.807, 2.05) is 66.7 Å². The molecule has 0 aliphatic carbocycles.